The number of carbonyl (C=O) groups excluding carboxylic acids is 1. The third-order valence-electron chi connectivity index (χ3n) is 2.42. The molecule has 19 heavy (non-hydrogen) atoms. The van der Waals surface area contributed by atoms with Crippen LogP contribution in [0, 0.1) is 17.2 Å². The first kappa shape index (κ1) is 14.8. The van der Waals surface area contributed by atoms with Gasteiger partial charge in [-0.05, 0) is 37.6 Å². The van der Waals surface area contributed by atoms with Gasteiger partial charge in [0.2, 0.25) is 5.91 Å². The maximum atomic E-state index is 11.5. The number of nitriles is 1. The lowest BCUT2D eigenvalue weighted by Crippen LogP contribution is -2.25. The molecule has 0 aliphatic carbocycles. The first-order valence-electron chi connectivity index (χ1n) is 6.24. The summed E-state index contributed by atoms with van der Waals surface area (Å²) in [6.45, 7) is 4.69. The number of ether oxygens (including phenoxy) is 1. The number of amides is 1. The van der Waals surface area contributed by atoms with E-state index < -0.39 is 0 Å². The Morgan fingerprint density at radius 3 is 2.74 bits per heavy atom. The smallest absolute Gasteiger partial charge is 0.244 e. The van der Waals surface area contributed by atoms with E-state index in [9.17, 15) is 4.79 Å². The minimum Gasteiger partial charge on any atom is -0.494 e. The van der Waals surface area contributed by atoms with E-state index in [1.807, 2.05) is 31.2 Å². The Morgan fingerprint density at radius 2 is 2.16 bits per heavy atom. The summed E-state index contributed by atoms with van der Waals surface area (Å²) in [5.74, 6) is 0.436. The molecule has 0 spiro atoms. The van der Waals surface area contributed by atoms with Gasteiger partial charge in [0.25, 0.3) is 0 Å². The fraction of sp³-hybridized carbons (Fsp3) is 0.333. The van der Waals surface area contributed by atoms with E-state index in [2.05, 4.69) is 11.4 Å². The molecule has 0 bridgehead atoms. The van der Waals surface area contributed by atoms with Crippen molar-refractivity contribution in [3.63, 3.8) is 0 Å². The van der Waals surface area contributed by atoms with Gasteiger partial charge in [0.05, 0.1) is 18.6 Å². The van der Waals surface area contributed by atoms with Crippen LogP contribution in [0.1, 0.15) is 19.4 Å². The monoisotopic (exact) mass is 258 g/mol. The lowest BCUT2D eigenvalue weighted by atomic mass is 10.2. The van der Waals surface area contributed by atoms with Crippen LogP contribution < -0.4 is 10.1 Å². The number of nitrogens with zero attached hydrogens (tertiary/aromatic N) is 1. The summed E-state index contributed by atoms with van der Waals surface area (Å²) >= 11 is 0. The Labute approximate surface area is 113 Å². The van der Waals surface area contributed by atoms with Crippen LogP contribution in [0.4, 0.5) is 0 Å². The lowest BCUT2D eigenvalue weighted by Gasteiger charge is -2.03. The van der Waals surface area contributed by atoms with Crippen molar-refractivity contribution in [3.8, 4) is 11.8 Å². The van der Waals surface area contributed by atoms with Crippen LogP contribution in [0.5, 0.6) is 5.75 Å². The van der Waals surface area contributed by atoms with Crippen molar-refractivity contribution in [3.05, 3.63) is 35.9 Å². The quantitative estimate of drug-likeness (QED) is 0.797. The molecular weight excluding hydrogens is 240 g/mol. The first-order chi connectivity index (χ1) is 9.15. The summed E-state index contributed by atoms with van der Waals surface area (Å²) in [6, 6.07) is 9.54. The van der Waals surface area contributed by atoms with Gasteiger partial charge in [-0.25, -0.2) is 0 Å². The maximum absolute atomic E-state index is 11.5. The van der Waals surface area contributed by atoms with E-state index in [-0.39, 0.29) is 11.8 Å². The second kappa shape index (κ2) is 7.93. The van der Waals surface area contributed by atoms with Gasteiger partial charge in [0.15, 0.2) is 0 Å². The van der Waals surface area contributed by atoms with Gasteiger partial charge in [-0.1, -0.05) is 12.1 Å². The molecule has 0 fully saturated rings. The van der Waals surface area contributed by atoms with Crippen molar-refractivity contribution >= 4 is 12.0 Å². The van der Waals surface area contributed by atoms with Gasteiger partial charge in [-0.2, -0.15) is 5.26 Å². The zero-order chi connectivity index (χ0) is 14.1. The van der Waals surface area contributed by atoms with Crippen LogP contribution in [0.15, 0.2) is 30.3 Å². The number of benzene rings is 1. The van der Waals surface area contributed by atoms with E-state index in [4.69, 9.17) is 10.00 Å². The fourth-order valence-corrected chi connectivity index (χ4v) is 1.37. The molecule has 0 saturated carbocycles. The van der Waals surface area contributed by atoms with Crippen molar-refractivity contribution in [2.75, 3.05) is 13.2 Å². The molecule has 1 aromatic rings. The highest BCUT2D eigenvalue weighted by Crippen LogP contribution is 2.12. The molecule has 100 valence electrons. The van der Waals surface area contributed by atoms with Crippen LogP contribution >= 0.6 is 0 Å². The summed E-state index contributed by atoms with van der Waals surface area (Å²) in [7, 11) is 0. The van der Waals surface area contributed by atoms with Crippen LogP contribution in [-0.4, -0.2) is 19.1 Å². The van der Waals surface area contributed by atoms with E-state index in [0.29, 0.717) is 13.2 Å². The van der Waals surface area contributed by atoms with Crippen molar-refractivity contribution in [2.45, 2.75) is 13.8 Å². The average molecular weight is 258 g/mol. The highest BCUT2D eigenvalue weighted by atomic mass is 16.5. The molecule has 0 aliphatic rings. The van der Waals surface area contributed by atoms with E-state index in [1.165, 1.54) is 6.08 Å². The lowest BCUT2D eigenvalue weighted by molar-refractivity contribution is -0.116. The molecule has 1 aromatic carbocycles. The summed E-state index contributed by atoms with van der Waals surface area (Å²) in [6.07, 6.45) is 3.18. The molecule has 0 saturated heterocycles. The summed E-state index contributed by atoms with van der Waals surface area (Å²) in [4.78, 5) is 11.5. The Balaban J connectivity index is 2.47. The van der Waals surface area contributed by atoms with E-state index in [1.54, 1.807) is 13.0 Å². The summed E-state index contributed by atoms with van der Waals surface area (Å²) < 4.78 is 5.33. The van der Waals surface area contributed by atoms with Gasteiger partial charge in [-0.15, -0.1) is 0 Å². The molecule has 4 nitrogen and oxygen atoms in total. The SMILES string of the molecule is CCOc1ccc(C=CC(=O)NCC(C)C#N)cc1. The Kier molecular flexibility index (Phi) is 6.17. The van der Waals surface area contributed by atoms with Crippen LogP contribution in [0.3, 0.4) is 0 Å². The third-order valence-corrected chi connectivity index (χ3v) is 2.42. The molecule has 1 rings (SSSR count). The minimum absolute atomic E-state index is 0.178. The van der Waals surface area contributed by atoms with Gasteiger partial charge < -0.3 is 10.1 Å². The molecule has 1 N–H and O–H groups in total. The van der Waals surface area contributed by atoms with Crippen molar-refractivity contribution in [2.24, 2.45) is 5.92 Å². The second-order valence-electron chi connectivity index (χ2n) is 4.11. The molecule has 0 aliphatic heterocycles. The molecule has 1 atom stereocenters. The summed E-state index contributed by atoms with van der Waals surface area (Å²) in [5, 5.41) is 11.3. The number of hydrogen-bond donors (Lipinski definition) is 1. The molecule has 1 amide bonds. The van der Waals surface area contributed by atoms with Gasteiger partial charge >= 0.3 is 0 Å². The zero-order valence-electron chi connectivity index (χ0n) is 11.2. The predicted octanol–water partition coefficient (Wildman–Crippen LogP) is 2.37. The Bertz CT molecular complexity index is 472. The molecule has 0 heterocycles. The molecule has 1 unspecified atom stereocenters. The second-order valence-corrected chi connectivity index (χ2v) is 4.11. The Hall–Kier alpha value is -2.28. The average Bonchev–Trinajstić information content (AvgIpc) is 2.44. The van der Waals surface area contributed by atoms with Crippen LogP contribution in [0.2, 0.25) is 0 Å². The number of carbonyl (C=O) groups is 1. The normalized spacial score (nSPS) is 11.8. The molecular formula is C15H18N2O2. The maximum Gasteiger partial charge on any atom is 0.244 e. The highest BCUT2D eigenvalue weighted by molar-refractivity contribution is 5.91. The highest BCUT2D eigenvalue weighted by Gasteiger charge is 2.00. The standard InChI is InChI=1S/C15H18N2O2/c1-3-19-14-7-4-13(5-8-14)6-9-15(18)17-11-12(2)10-16/h4-9,12H,3,11H2,1-2H3,(H,17,18). The number of nitrogens with one attached hydrogen (secondary N) is 1. The van der Waals surface area contributed by atoms with Crippen molar-refractivity contribution < 1.29 is 9.53 Å². The molecule has 0 aromatic heterocycles. The Morgan fingerprint density at radius 1 is 1.47 bits per heavy atom. The largest absolute Gasteiger partial charge is 0.494 e. The summed E-state index contributed by atoms with van der Waals surface area (Å²) in [5.41, 5.74) is 0.923. The van der Waals surface area contributed by atoms with Gasteiger partial charge in [0, 0.05) is 12.6 Å². The number of rotatable bonds is 6. The van der Waals surface area contributed by atoms with Crippen LogP contribution in [-0.2, 0) is 4.79 Å². The fourth-order valence-electron chi connectivity index (χ4n) is 1.37. The first-order valence-corrected chi connectivity index (χ1v) is 6.24. The van der Waals surface area contributed by atoms with Crippen molar-refractivity contribution in [1.82, 2.24) is 5.32 Å². The van der Waals surface area contributed by atoms with Gasteiger partial charge in [-0.3, -0.25) is 4.79 Å². The molecule has 0 radical (unpaired) electrons. The van der Waals surface area contributed by atoms with Gasteiger partial charge in [0.1, 0.15) is 5.75 Å². The third kappa shape index (κ3) is 5.73. The zero-order valence-corrected chi connectivity index (χ0v) is 11.2. The van der Waals surface area contributed by atoms with Crippen LogP contribution in [0.25, 0.3) is 6.08 Å². The topological polar surface area (TPSA) is 62.1 Å². The molecule has 4 heteroatoms. The van der Waals surface area contributed by atoms with E-state index >= 15 is 0 Å². The van der Waals surface area contributed by atoms with Crippen molar-refractivity contribution in [1.29, 1.82) is 5.26 Å². The predicted molar refractivity (Wildman–Crippen MR) is 74.4 cm³/mol. The number of hydrogen-bond acceptors (Lipinski definition) is 3. The van der Waals surface area contributed by atoms with E-state index in [0.717, 1.165) is 11.3 Å². The minimum atomic E-state index is -0.198.